The average Bonchev–Trinajstić information content (AvgIpc) is 2.94. The highest BCUT2D eigenvalue weighted by molar-refractivity contribution is 5.93. The Hall–Kier alpha value is -3.87. The lowest BCUT2D eigenvalue weighted by Gasteiger charge is -2.23. The molecule has 3 rings (SSSR count). The van der Waals surface area contributed by atoms with Gasteiger partial charge in [0.1, 0.15) is 0 Å². The predicted molar refractivity (Wildman–Crippen MR) is 149 cm³/mol. The van der Waals surface area contributed by atoms with Crippen molar-refractivity contribution in [3.8, 4) is 0 Å². The molecule has 41 heavy (non-hydrogen) atoms. The average molecular weight is 573 g/mol. The van der Waals surface area contributed by atoms with Gasteiger partial charge in [-0.3, -0.25) is 19.4 Å². The Morgan fingerprint density at radius 2 is 1.61 bits per heavy atom. The van der Waals surface area contributed by atoms with E-state index in [0.29, 0.717) is 24.2 Å². The molecule has 1 aromatic heterocycles. The van der Waals surface area contributed by atoms with Crippen LogP contribution in [0.5, 0.6) is 0 Å². The Balaban J connectivity index is 1.73. The molecular formula is C29H35F3N6O3. The zero-order valence-electron chi connectivity index (χ0n) is 22.6. The van der Waals surface area contributed by atoms with Crippen molar-refractivity contribution in [3.63, 3.8) is 0 Å². The molecule has 9 nitrogen and oxygen atoms in total. The van der Waals surface area contributed by atoms with Crippen LogP contribution >= 0.6 is 0 Å². The maximum Gasteiger partial charge on any atom is 0.416 e. The fourth-order valence-electron chi connectivity index (χ4n) is 4.37. The summed E-state index contributed by atoms with van der Waals surface area (Å²) >= 11 is 0. The minimum Gasteiger partial charge on any atom is -0.345 e. The summed E-state index contributed by atoms with van der Waals surface area (Å²) in [7, 11) is 0. The van der Waals surface area contributed by atoms with E-state index in [2.05, 4.69) is 10.3 Å². The second kappa shape index (κ2) is 14.7. The largest absolute Gasteiger partial charge is 0.416 e. The van der Waals surface area contributed by atoms with E-state index >= 15 is 0 Å². The molecule has 2 aromatic carbocycles. The zero-order valence-corrected chi connectivity index (χ0v) is 22.6. The van der Waals surface area contributed by atoms with Gasteiger partial charge in [0.2, 0.25) is 11.8 Å². The van der Waals surface area contributed by atoms with E-state index in [-0.39, 0.29) is 50.5 Å². The van der Waals surface area contributed by atoms with Crippen molar-refractivity contribution in [1.29, 1.82) is 0 Å². The highest BCUT2D eigenvalue weighted by Gasteiger charge is 2.30. The second-order valence-corrected chi connectivity index (χ2v) is 9.74. The molecule has 0 aliphatic heterocycles. The van der Waals surface area contributed by atoms with Crippen LogP contribution in [0.1, 0.15) is 29.5 Å². The third kappa shape index (κ3) is 9.34. The summed E-state index contributed by atoms with van der Waals surface area (Å²) in [4.78, 5) is 44.7. The molecule has 0 saturated heterocycles. The van der Waals surface area contributed by atoms with E-state index in [0.717, 1.165) is 23.0 Å². The van der Waals surface area contributed by atoms with Gasteiger partial charge in [-0.15, -0.1) is 0 Å². The molecule has 3 aromatic rings. The molecule has 7 N–H and O–H groups in total. The van der Waals surface area contributed by atoms with Gasteiger partial charge in [-0.1, -0.05) is 30.3 Å². The number of benzene rings is 2. The summed E-state index contributed by atoms with van der Waals surface area (Å²) < 4.78 is 39.1. The molecule has 12 heteroatoms. The number of carbonyl (C=O) groups is 3. The van der Waals surface area contributed by atoms with Gasteiger partial charge < -0.3 is 27.4 Å². The first kappa shape index (κ1) is 31.7. The van der Waals surface area contributed by atoms with Gasteiger partial charge >= 0.3 is 6.18 Å². The molecular weight excluding hydrogens is 537 g/mol. The van der Waals surface area contributed by atoms with Crippen LogP contribution in [-0.4, -0.2) is 65.7 Å². The molecule has 0 fully saturated rings. The number of ketones is 1. The quantitative estimate of drug-likeness (QED) is 0.230. The molecule has 0 aliphatic rings. The van der Waals surface area contributed by atoms with Gasteiger partial charge in [0.05, 0.1) is 23.2 Å². The van der Waals surface area contributed by atoms with Crippen molar-refractivity contribution in [2.75, 3.05) is 26.2 Å². The lowest BCUT2D eigenvalue weighted by atomic mass is 9.96. The molecule has 1 heterocycles. The Morgan fingerprint density at radius 1 is 0.951 bits per heavy atom. The Labute approximate surface area is 236 Å². The number of fused-ring (bicyclic) bond motifs is 1. The number of carbonyl (C=O) groups excluding carboxylic acids is 3. The fourth-order valence-corrected chi connectivity index (χ4v) is 4.37. The van der Waals surface area contributed by atoms with Crippen LogP contribution in [0.4, 0.5) is 13.2 Å². The summed E-state index contributed by atoms with van der Waals surface area (Å²) in [6, 6.07) is 11.5. The molecule has 0 unspecified atom stereocenters. The highest BCUT2D eigenvalue weighted by atomic mass is 19.4. The van der Waals surface area contributed by atoms with Crippen LogP contribution in [0.2, 0.25) is 0 Å². The van der Waals surface area contributed by atoms with E-state index in [1.165, 1.54) is 17.0 Å². The van der Waals surface area contributed by atoms with Crippen LogP contribution in [0.3, 0.4) is 0 Å². The van der Waals surface area contributed by atoms with Crippen LogP contribution in [0, 0.1) is 0 Å². The third-order valence-electron chi connectivity index (χ3n) is 6.61. The number of amides is 2. The van der Waals surface area contributed by atoms with E-state index in [1.807, 2.05) is 30.3 Å². The number of nitrogens with one attached hydrogen (secondary N) is 1. The molecule has 0 bridgehead atoms. The van der Waals surface area contributed by atoms with Crippen molar-refractivity contribution in [2.45, 2.75) is 43.9 Å². The van der Waals surface area contributed by atoms with Gasteiger partial charge in [-0.25, -0.2) is 0 Å². The second-order valence-electron chi connectivity index (χ2n) is 9.74. The summed E-state index contributed by atoms with van der Waals surface area (Å²) in [6.45, 7) is 1.17. The monoisotopic (exact) mass is 572 g/mol. The number of para-hydroxylation sites is 1. The fraction of sp³-hybridized carbons (Fsp3) is 0.379. The number of rotatable bonds is 14. The van der Waals surface area contributed by atoms with Gasteiger partial charge in [-0.05, 0) is 48.2 Å². The van der Waals surface area contributed by atoms with Crippen LogP contribution in [0.15, 0.2) is 60.8 Å². The molecule has 0 radical (unpaired) electrons. The summed E-state index contributed by atoms with van der Waals surface area (Å²) in [6.07, 6.45) is -3.04. The number of aromatic nitrogens is 1. The first-order valence-electron chi connectivity index (χ1n) is 13.3. The number of halogens is 3. The van der Waals surface area contributed by atoms with Crippen LogP contribution in [-0.2, 0) is 33.4 Å². The lowest BCUT2D eigenvalue weighted by Crippen LogP contribution is -2.50. The third-order valence-corrected chi connectivity index (χ3v) is 6.61. The molecule has 0 saturated carbocycles. The summed E-state index contributed by atoms with van der Waals surface area (Å²) in [5.74, 6) is -1.26. The normalized spacial score (nSPS) is 13.0. The highest BCUT2D eigenvalue weighted by Crippen LogP contribution is 2.29. The van der Waals surface area contributed by atoms with Crippen molar-refractivity contribution >= 4 is 28.5 Å². The molecule has 220 valence electrons. The van der Waals surface area contributed by atoms with Gasteiger partial charge in [0, 0.05) is 50.6 Å². The van der Waals surface area contributed by atoms with Gasteiger partial charge in [0.25, 0.3) is 0 Å². The Morgan fingerprint density at radius 3 is 2.24 bits per heavy atom. The first-order chi connectivity index (χ1) is 19.5. The number of hydrogen-bond acceptors (Lipinski definition) is 7. The van der Waals surface area contributed by atoms with E-state index < -0.39 is 29.7 Å². The van der Waals surface area contributed by atoms with E-state index in [9.17, 15) is 27.6 Å². The smallest absolute Gasteiger partial charge is 0.345 e. The standard InChI is InChI=1S/C29H35F3N6O3/c30-29(31,32)22-7-5-19(6-8-22)16-25(26(39)17-20-15-21-3-1-2-4-24(21)36-18-20)37-28(41)23(35)9-10-27(40)38(13-11-33)14-12-34/h1-8,15,18,23,25H,9-14,16-17,33-35H2,(H,37,41)/t23-,25+/m0/s1. The minimum atomic E-state index is -4.50. The van der Waals surface area contributed by atoms with Crippen molar-refractivity contribution in [2.24, 2.45) is 17.2 Å². The first-order valence-corrected chi connectivity index (χ1v) is 13.3. The topological polar surface area (TPSA) is 157 Å². The Kier molecular flexibility index (Phi) is 11.3. The maximum atomic E-state index is 13.4. The maximum absolute atomic E-state index is 13.4. The number of Topliss-reactive ketones (excluding diaryl/α,β-unsaturated/α-hetero) is 1. The molecule has 2 atom stereocenters. The Bertz CT molecular complexity index is 1330. The van der Waals surface area contributed by atoms with E-state index in [1.54, 1.807) is 6.20 Å². The van der Waals surface area contributed by atoms with Crippen molar-refractivity contribution < 1.29 is 27.6 Å². The van der Waals surface area contributed by atoms with E-state index in [4.69, 9.17) is 17.2 Å². The summed E-state index contributed by atoms with van der Waals surface area (Å²) in [5, 5.41) is 3.49. The minimum absolute atomic E-state index is 0.0190. The molecule has 0 spiro atoms. The zero-order chi connectivity index (χ0) is 30.0. The number of nitrogens with zero attached hydrogens (tertiary/aromatic N) is 2. The predicted octanol–water partition coefficient (Wildman–Crippen LogP) is 1.95. The van der Waals surface area contributed by atoms with Crippen molar-refractivity contribution in [1.82, 2.24) is 15.2 Å². The lowest BCUT2D eigenvalue weighted by molar-refractivity contribution is -0.137. The number of pyridine rings is 1. The number of hydrogen-bond donors (Lipinski definition) is 4. The van der Waals surface area contributed by atoms with Crippen LogP contribution < -0.4 is 22.5 Å². The van der Waals surface area contributed by atoms with Gasteiger partial charge in [0.15, 0.2) is 5.78 Å². The number of alkyl halides is 3. The van der Waals surface area contributed by atoms with Gasteiger partial charge in [-0.2, -0.15) is 13.2 Å². The SMILES string of the molecule is NCCN(CCN)C(=O)CC[C@H](N)C(=O)N[C@H](Cc1ccc(C(F)(F)F)cc1)C(=O)Cc1cnc2ccccc2c1. The molecule has 0 aliphatic carbocycles. The van der Waals surface area contributed by atoms with Crippen LogP contribution in [0.25, 0.3) is 10.9 Å². The number of nitrogens with two attached hydrogens (primary N) is 3. The van der Waals surface area contributed by atoms with Crippen molar-refractivity contribution in [3.05, 3.63) is 77.5 Å². The summed E-state index contributed by atoms with van der Waals surface area (Å²) in [5.41, 5.74) is 18.1. The molecule has 2 amide bonds.